The summed E-state index contributed by atoms with van der Waals surface area (Å²) in [6, 6.07) is 8.49. The number of rotatable bonds is 2. The summed E-state index contributed by atoms with van der Waals surface area (Å²) < 4.78 is 2.33. The molecule has 0 saturated heterocycles. The largest absolute Gasteiger partial charge is 0.324 e. The Balaban J connectivity index is 1.90. The lowest BCUT2D eigenvalue weighted by Gasteiger charge is -2.25. The van der Waals surface area contributed by atoms with Gasteiger partial charge in [-0.05, 0) is 49.3 Å². The van der Waals surface area contributed by atoms with Gasteiger partial charge in [0.05, 0.1) is 28.5 Å². The van der Waals surface area contributed by atoms with E-state index in [2.05, 4.69) is 15.6 Å². The molecule has 2 aliphatic rings. The van der Waals surface area contributed by atoms with Crippen molar-refractivity contribution in [3.8, 4) is 6.07 Å². The lowest BCUT2D eigenvalue weighted by atomic mass is 9.95. The van der Waals surface area contributed by atoms with Gasteiger partial charge in [0.15, 0.2) is 0 Å². The predicted molar refractivity (Wildman–Crippen MR) is 78.5 cm³/mol. The van der Waals surface area contributed by atoms with Gasteiger partial charge < -0.3 is 4.57 Å². The standard InChI is InChI=1S/C16H16ClN3/c17-8-16-19-13-4-2-11(9-18)7-15(13)20(16)14-6-10-1-3-12(14)5-10/h2,4,7,10,12,14H,1,3,5-6,8H2. The number of hydrogen-bond donors (Lipinski definition) is 0. The van der Waals surface area contributed by atoms with Crippen LogP contribution in [-0.2, 0) is 5.88 Å². The van der Waals surface area contributed by atoms with Crippen molar-refractivity contribution in [2.24, 2.45) is 11.8 Å². The maximum atomic E-state index is 9.12. The van der Waals surface area contributed by atoms with Gasteiger partial charge in [-0.15, -0.1) is 11.6 Å². The Morgan fingerprint density at radius 3 is 2.90 bits per heavy atom. The quantitative estimate of drug-likeness (QED) is 0.782. The van der Waals surface area contributed by atoms with Gasteiger partial charge >= 0.3 is 0 Å². The number of benzene rings is 1. The molecule has 2 bridgehead atoms. The van der Waals surface area contributed by atoms with Crippen molar-refractivity contribution >= 4 is 22.6 Å². The van der Waals surface area contributed by atoms with Crippen molar-refractivity contribution in [3.05, 3.63) is 29.6 Å². The van der Waals surface area contributed by atoms with Gasteiger partial charge in [0.25, 0.3) is 0 Å². The molecule has 1 aromatic carbocycles. The first-order valence-corrected chi connectivity index (χ1v) is 7.80. The Morgan fingerprint density at radius 2 is 2.25 bits per heavy atom. The van der Waals surface area contributed by atoms with E-state index in [1.165, 1.54) is 25.7 Å². The second-order valence-corrected chi connectivity index (χ2v) is 6.36. The maximum Gasteiger partial charge on any atom is 0.125 e. The van der Waals surface area contributed by atoms with Crippen LogP contribution in [0.15, 0.2) is 18.2 Å². The molecule has 3 atom stereocenters. The van der Waals surface area contributed by atoms with E-state index in [0.29, 0.717) is 17.5 Å². The minimum atomic E-state index is 0.435. The number of nitriles is 1. The molecule has 0 spiro atoms. The number of halogens is 1. The molecule has 0 amide bonds. The second kappa shape index (κ2) is 4.49. The molecule has 2 saturated carbocycles. The van der Waals surface area contributed by atoms with Crippen molar-refractivity contribution in [2.45, 2.75) is 37.6 Å². The number of hydrogen-bond acceptors (Lipinski definition) is 2. The molecule has 3 nitrogen and oxygen atoms in total. The van der Waals surface area contributed by atoms with Crippen LogP contribution in [0.4, 0.5) is 0 Å². The number of alkyl halides is 1. The molecule has 4 rings (SSSR count). The van der Waals surface area contributed by atoms with Crippen molar-refractivity contribution in [2.75, 3.05) is 0 Å². The third-order valence-electron chi connectivity index (χ3n) is 5.04. The van der Waals surface area contributed by atoms with Gasteiger partial charge in [0.2, 0.25) is 0 Å². The monoisotopic (exact) mass is 285 g/mol. The molecule has 0 aliphatic heterocycles. The smallest absolute Gasteiger partial charge is 0.125 e. The molecule has 102 valence electrons. The lowest BCUT2D eigenvalue weighted by molar-refractivity contribution is 0.331. The second-order valence-electron chi connectivity index (χ2n) is 6.09. The summed E-state index contributed by atoms with van der Waals surface area (Å²) in [6.07, 6.45) is 5.31. The van der Waals surface area contributed by atoms with Crippen LogP contribution >= 0.6 is 11.6 Å². The van der Waals surface area contributed by atoms with Crippen LogP contribution in [-0.4, -0.2) is 9.55 Å². The predicted octanol–water partition coefficient (Wildman–Crippen LogP) is 4.01. The molecule has 0 N–H and O–H groups in total. The van der Waals surface area contributed by atoms with Crippen LogP contribution in [0.3, 0.4) is 0 Å². The highest BCUT2D eigenvalue weighted by Crippen LogP contribution is 2.51. The van der Waals surface area contributed by atoms with E-state index in [-0.39, 0.29) is 0 Å². The van der Waals surface area contributed by atoms with Crippen molar-refractivity contribution in [1.29, 1.82) is 5.26 Å². The number of aromatic nitrogens is 2. The van der Waals surface area contributed by atoms with Crippen LogP contribution in [0, 0.1) is 23.2 Å². The molecule has 0 radical (unpaired) electrons. The Morgan fingerprint density at radius 1 is 1.35 bits per heavy atom. The Bertz CT molecular complexity index is 712. The average molecular weight is 286 g/mol. The normalized spacial score (nSPS) is 28.1. The van der Waals surface area contributed by atoms with Crippen LogP contribution in [0.25, 0.3) is 11.0 Å². The van der Waals surface area contributed by atoms with Crippen LogP contribution < -0.4 is 0 Å². The molecule has 1 aromatic heterocycles. The van der Waals surface area contributed by atoms with E-state index in [1.807, 2.05) is 18.2 Å². The maximum absolute atomic E-state index is 9.12. The summed E-state index contributed by atoms with van der Waals surface area (Å²) in [4.78, 5) is 4.66. The molecule has 2 aliphatic carbocycles. The van der Waals surface area contributed by atoms with Crippen molar-refractivity contribution < 1.29 is 0 Å². The first-order chi connectivity index (χ1) is 9.80. The van der Waals surface area contributed by atoms with Gasteiger partial charge in [0.1, 0.15) is 5.82 Å². The van der Waals surface area contributed by atoms with E-state index in [9.17, 15) is 0 Å². The minimum Gasteiger partial charge on any atom is -0.324 e. The van der Waals surface area contributed by atoms with Gasteiger partial charge in [-0.25, -0.2) is 4.98 Å². The summed E-state index contributed by atoms with van der Waals surface area (Å²) in [5.41, 5.74) is 2.74. The summed E-state index contributed by atoms with van der Waals surface area (Å²) in [7, 11) is 0. The SMILES string of the molecule is N#Cc1ccc2nc(CCl)n(C3CC4CCC3C4)c2c1. The highest BCUT2D eigenvalue weighted by Gasteiger charge is 2.41. The van der Waals surface area contributed by atoms with E-state index in [0.717, 1.165) is 28.7 Å². The fraction of sp³-hybridized carbons (Fsp3) is 0.500. The molecule has 3 unspecified atom stereocenters. The average Bonchev–Trinajstić information content (AvgIpc) is 3.18. The minimum absolute atomic E-state index is 0.435. The molecule has 2 aromatic rings. The van der Waals surface area contributed by atoms with Gasteiger partial charge in [0, 0.05) is 6.04 Å². The first kappa shape index (κ1) is 12.2. The van der Waals surface area contributed by atoms with E-state index >= 15 is 0 Å². The molecule has 20 heavy (non-hydrogen) atoms. The van der Waals surface area contributed by atoms with Crippen molar-refractivity contribution in [3.63, 3.8) is 0 Å². The molecule has 4 heteroatoms. The highest BCUT2D eigenvalue weighted by molar-refractivity contribution is 6.16. The van der Waals surface area contributed by atoms with Crippen LogP contribution in [0.2, 0.25) is 0 Å². The number of imidazole rings is 1. The Kier molecular flexibility index (Phi) is 2.75. The van der Waals surface area contributed by atoms with Gasteiger partial charge in [-0.3, -0.25) is 0 Å². The lowest BCUT2D eigenvalue weighted by Crippen LogP contribution is -2.18. The summed E-state index contributed by atoms with van der Waals surface area (Å²) in [5.74, 6) is 3.04. The summed E-state index contributed by atoms with van der Waals surface area (Å²) in [5, 5.41) is 9.12. The van der Waals surface area contributed by atoms with Crippen molar-refractivity contribution in [1.82, 2.24) is 9.55 Å². The molecular formula is C16H16ClN3. The highest BCUT2D eigenvalue weighted by atomic mass is 35.5. The third kappa shape index (κ3) is 1.68. The zero-order valence-corrected chi connectivity index (χ0v) is 12.0. The zero-order chi connectivity index (χ0) is 13.7. The third-order valence-corrected chi connectivity index (χ3v) is 5.28. The molecule has 2 fully saturated rings. The summed E-state index contributed by atoms with van der Waals surface area (Å²) in [6.45, 7) is 0. The van der Waals surface area contributed by atoms with E-state index in [1.54, 1.807) is 0 Å². The molecule has 1 heterocycles. The van der Waals surface area contributed by atoms with Gasteiger partial charge in [-0.2, -0.15) is 5.26 Å². The Labute approximate surface area is 123 Å². The topological polar surface area (TPSA) is 41.6 Å². The first-order valence-electron chi connectivity index (χ1n) is 7.27. The number of nitrogens with zero attached hydrogens (tertiary/aromatic N) is 3. The van der Waals surface area contributed by atoms with Gasteiger partial charge in [-0.1, -0.05) is 6.42 Å². The molecular weight excluding hydrogens is 270 g/mol. The number of fused-ring (bicyclic) bond motifs is 3. The fourth-order valence-electron chi connectivity index (χ4n) is 4.20. The van der Waals surface area contributed by atoms with Crippen LogP contribution in [0.1, 0.15) is 43.1 Å². The van der Waals surface area contributed by atoms with E-state index in [4.69, 9.17) is 16.9 Å². The van der Waals surface area contributed by atoms with Crippen LogP contribution in [0.5, 0.6) is 0 Å². The van der Waals surface area contributed by atoms with E-state index < -0.39 is 0 Å². The Hall–Kier alpha value is -1.53. The fourth-order valence-corrected chi connectivity index (χ4v) is 4.39. The summed E-state index contributed by atoms with van der Waals surface area (Å²) >= 11 is 6.11. The zero-order valence-electron chi connectivity index (χ0n) is 11.2.